The number of hydrogen-bond acceptors (Lipinski definition) is 10. The molecule has 1 heterocycles. The number of allylic oxidation sites excluding steroid dienone is 2. The van der Waals surface area contributed by atoms with E-state index in [0.29, 0.717) is 19.3 Å². The molecule has 0 aromatic rings. The fourth-order valence-electron chi connectivity index (χ4n) is 8.44. The zero-order valence-electron chi connectivity index (χ0n) is 40.0. The van der Waals surface area contributed by atoms with Gasteiger partial charge in [-0.25, -0.2) is 0 Å². The van der Waals surface area contributed by atoms with Crippen LogP contribution in [0.2, 0.25) is 0 Å². The second kappa shape index (κ2) is 40.2. The molecule has 0 saturated carbocycles. The summed E-state index contributed by atoms with van der Waals surface area (Å²) in [5.74, 6) is 0.0676. The van der Waals surface area contributed by atoms with Crippen molar-refractivity contribution in [1.29, 1.82) is 0 Å². The Labute approximate surface area is 379 Å². The highest BCUT2D eigenvalue weighted by Gasteiger charge is 2.44. The van der Waals surface area contributed by atoms with Crippen LogP contribution < -0.4 is 5.32 Å². The van der Waals surface area contributed by atoms with Crippen LogP contribution in [0, 0.1) is 5.92 Å². The first-order chi connectivity index (χ1) is 30.0. The standard InChI is InChI=1S/C51H99NO10/c1-4-5-6-7-8-9-10-11-12-13-14-15-16-17-18-19-20-21-22-25-29-32-35-38-44(55)50(60)52-42(40-61-51-49(59)48(58)47(57)45(39-53)62-51)46(56)43(54)37-34-31-28-26-23-24-27-30-33-36-41(2)3/h9-10,41-49,51,53-59H,4-8,11-40H2,1-3H3,(H,52,60). The monoisotopic (exact) mass is 886 g/mol. The lowest BCUT2D eigenvalue weighted by atomic mass is 9.98. The molecule has 8 N–H and O–H groups in total. The normalized spacial score (nSPS) is 21.4. The number of rotatable bonds is 43. The Morgan fingerprint density at radius 2 is 1.00 bits per heavy atom. The maximum Gasteiger partial charge on any atom is 0.249 e. The minimum absolute atomic E-state index is 0.263. The van der Waals surface area contributed by atoms with Gasteiger partial charge in [0.1, 0.15) is 36.6 Å². The van der Waals surface area contributed by atoms with Gasteiger partial charge in [0.15, 0.2) is 6.29 Å². The molecule has 1 aliphatic heterocycles. The third-order valence-corrected chi connectivity index (χ3v) is 12.7. The Hall–Kier alpha value is -1.15. The number of ether oxygens (including phenoxy) is 2. The van der Waals surface area contributed by atoms with Crippen LogP contribution >= 0.6 is 0 Å². The fraction of sp³-hybridized carbons (Fsp3) is 0.941. The molecule has 0 aliphatic carbocycles. The van der Waals surface area contributed by atoms with Gasteiger partial charge in [-0.3, -0.25) is 4.79 Å². The topological polar surface area (TPSA) is 189 Å². The Morgan fingerprint density at radius 3 is 1.45 bits per heavy atom. The number of carbonyl (C=O) groups excluding carboxylic acids is 1. The molecule has 0 aromatic carbocycles. The number of aliphatic hydroxyl groups is 7. The Bertz CT molecular complexity index is 1030. The van der Waals surface area contributed by atoms with E-state index in [1.54, 1.807) is 0 Å². The van der Waals surface area contributed by atoms with E-state index in [1.807, 2.05) is 0 Å². The first-order valence-electron chi connectivity index (χ1n) is 25.9. The molecule has 1 amide bonds. The van der Waals surface area contributed by atoms with E-state index in [9.17, 15) is 40.5 Å². The van der Waals surface area contributed by atoms with Crippen LogP contribution in [-0.2, 0) is 14.3 Å². The van der Waals surface area contributed by atoms with Crippen molar-refractivity contribution in [2.24, 2.45) is 5.92 Å². The summed E-state index contributed by atoms with van der Waals surface area (Å²) in [6.07, 6.45) is 31.3. The minimum Gasteiger partial charge on any atom is -0.394 e. The highest BCUT2D eigenvalue weighted by Crippen LogP contribution is 2.23. The molecule has 1 saturated heterocycles. The maximum atomic E-state index is 13.1. The number of amides is 1. The average molecular weight is 886 g/mol. The molecule has 9 atom stereocenters. The molecule has 0 bridgehead atoms. The highest BCUT2D eigenvalue weighted by atomic mass is 16.7. The van der Waals surface area contributed by atoms with Crippen LogP contribution in [0.4, 0.5) is 0 Å². The lowest BCUT2D eigenvalue weighted by molar-refractivity contribution is -0.303. The van der Waals surface area contributed by atoms with Crippen molar-refractivity contribution in [3.05, 3.63) is 12.2 Å². The van der Waals surface area contributed by atoms with Gasteiger partial charge in [-0.05, 0) is 44.4 Å². The van der Waals surface area contributed by atoms with E-state index in [-0.39, 0.29) is 6.42 Å². The van der Waals surface area contributed by atoms with Gasteiger partial charge in [0.25, 0.3) is 0 Å². The van der Waals surface area contributed by atoms with Gasteiger partial charge in [-0.15, -0.1) is 0 Å². The van der Waals surface area contributed by atoms with E-state index >= 15 is 0 Å². The molecule has 1 rings (SSSR count). The van der Waals surface area contributed by atoms with Gasteiger partial charge in [-0.1, -0.05) is 206 Å². The molecule has 0 spiro atoms. The number of aliphatic hydroxyl groups excluding tert-OH is 7. The molecule has 11 heteroatoms. The fourth-order valence-corrected chi connectivity index (χ4v) is 8.44. The molecule has 0 aromatic heterocycles. The molecule has 1 fully saturated rings. The van der Waals surface area contributed by atoms with Gasteiger partial charge in [-0.2, -0.15) is 0 Å². The third-order valence-electron chi connectivity index (χ3n) is 12.7. The van der Waals surface area contributed by atoms with E-state index in [1.165, 1.54) is 148 Å². The van der Waals surface area contributed by atoms with Crippen molar-refractivity contribution in [1.82, 2.24) is 5.32 Å². The van der Waals surface area contributed by atoms with Gasteiger partial charge >= 0.3 is 0 Å². The number of hydrogen-bond donors (Lipinski definition) is 8. The summed E-state index contributed by atoms with van der Waals surface area (Å²) >= 11 is 0. The second-order valence-electron chi connectivity index (χ2n) is 19.1. The van der Waals surface area contributed by atoms with Gasteiger partial charge in [0.05, 0.1) is 25.4 Å². The summed E-state index contributed by atoms with van der Waals surface area (Å²) in [7, 11) is 0. The Kier molecular flexibility index (Phi) is 38.1. The van der Waals surface area contributed by atoms with Crippen LogP contribution in [0.1, 0.15) is 233 Å². The van der Waals surface area contributed by atoms with Gasteiger partial charge < -0.3 is 50.5 Å². The molecule has 62 heavy (non-hydrogen) atoms. The van der Waals surface area contributed by atoms with Gasteiger partial charge in [0.2, 0.25) is 5.91 Å². The van der Waals surface area contributed by atoms with E-state index in [4.69, 9.17) is 9.47 Å². The van der Waals surface area contributed by atoms with Crippen molar-refractivity contribution in [2.75, 3.05) is 13.2 Å². The predicted octanol–water partition coefficient (Wildman–Crippen LogP) is 9.48. The Balaban J connectivity index is 2.32. The van der Waals surface area contributed by atoms with Crippen molar-refractivity contribution < 1.29 is 50.0 Å². The van der Waals surface area contributed by atoms with E-state index < -0.39 is 74.2 Å². The van der Waals surface area contributed by atoms with E-state index in [2.05, 4.69) is 38.2 Å². The summed E-state index contributed by atoms with van der Waals surface area (Å²) in [6, 6.07) is -1.16. The van der Waals surface area contributed by atoms with Crippen LogP contribution in [0.5, 0.6) is 0 Å². The zero-order valence-corrected chi connectivity index (χ0v) is 40.0. The van der Waals surface area contributed by atoms with E-state index in [0.717, 1.165) is 44.4 Å². The van der Waals surface area contributed by atoms with Crippen LogP contribution in [0.25, 0.3) is 0 Å². The molecular weight excluding hydrogens is 787 g/mol. The van der Waals surface area contributed by atoms with Crippen molar-refractivity contribution >= 4 is 5.91 Å². The molecule has 11 nitrogen and oxygen atoms in total. The zero-order chi connectivity index (χ0) is 45.6. The number of carbonyl (C=O) groups is 1. The molecule has 368 valence electrons. The van der Waals surface area contributed by atoms with Crippen LogP contribution in [0.3, 0.4) is 0 Å². The first-order valence-corrected chi connectivity index (χ1v) is 25.9. The summed E-state index contributed by atoms with van der Waals surface area (Å²) in [4.78, 5) is 13.1. The lowest BCUT2D eigenvalue weighted by Gasteiger charge is -2.40. The first kappa shape index (κ1) is 58.9. The number of nitrogens with one attached hydrogen (secondary N) is 1. The number of unbranched alkanes of at least 4 members (excludes halogenated alkanes) is 27. The Morgan fingerprint density at radius 1 is 0.581 bits per heavy atom. The summed E-state index contributed by atoms with van der Waals surface area (Å²) in [5.41, 5.74) is 0. The molecule has 9 unspecified atom stereocenters. The quantitative estimate of drug-likeness (QED) is 0.0216. The average Bonchev–Trinajstić information content (AvgIpc) is 3.26. The minimum atomic E-state index is -1.66. The van der Waals surface area contributed by atoms with Crippen LogP contribution in [0.15, 0.2) is 12.2 Å². The molecule has 1 aliphatic rings. The van der Waals surface area contributed by atoms with Crippen molar-refractivity contribution in [2.45, 2.75) is 288 Å². The highest BCUT2D eigenvalue weighted by molar-refractivity contribution is 5.80. The summed E-state index contributed by atoms with van der Waals surface area (Å²) in [5, 5.41) is 75.8. The molecular formula is C51H99NO10. The largest absolute Gasteiger partial charge is 0.394 e. The third kappa shape index (κ3) is 30.1. The summed E-state index contributed by atoms with van der Waals surface area (Å²) in [6.45, 7) is 5.73. The smallest absolute Gasteiger partial charge is 0.249 e. The predicted molar refractivity (Wildman–Crippen MR) is 252 cm³/mol. The summed E-state index contributed by atoms with van der Waals surface area (Å²) < 4.78 is 11.1. The molecule has 0 radical (unpaired) electrons. The van der Waals surface area contributed by atoms with Gasteiger partial charge in [0, 0.05) is 0 Å². The maximum absolute atomic E-state index is 13.1. The van der Waals surface area contributed by atoms with Crippen LogP contribution in [-0.4, -0.2) is 110 Å². The second-order valence-corrected chi connectivity index (χ2v) is 19.1. The van der Waals surface area contributed by atoms with Crippen molar-refractivity contribution in [3.8, 4) is 0 Å². The SMILES string of the molecule is CCCCCCC=CCCCCCCCCCCCCCCCCCC(O)C(=O)NC(COC1OC(CO)C(O)C(O)C1O)C(O)C(O)CCCCCCCCCCCC(C)C. The van der Waals surface area contributed by atoms with Crippen molar-refractivity contribution in [3.63, 3.8) is 0 Å². The lowest BCUT2D eigenvalue weighted by Crippen LogP contribution is -2.60.